The molecule has 0 bridgehead atoms. The van der Waals surface area contributed by atoms with E-state index < -0.39 is 11.4 Å². The summed E-state index contributed by atoms with van der Waals surface area (Å²) in [5.41, 5.74) is 0.558. The van der Waals surface area contributed by atoms with E-state index in [1.165, 1.54) is 0 Å². The van der Waals surface area contributed by atoms with Gasteiger partial charge in [0.25, 0.3) is 0 Å². The van der Waals surface area contributed by atoms with E-state index >= 15 is 0 Å². The molecule has 18 heavy (non-hydrogen) atoms. The van der Waals surface area contributed by atoms with Crippen LogP contribution in [0.4, 0.5) is 0 Å². The first-order chi connectivity index (χ1) is 8.55. The van der Waals surface area contributed by atoms with Gasteiger partial charge in [-0.1, -0.05) is 0 Å². The lowest BCUT2D eigenvalue weighted by atomic mass is 9.82. The smallest absolute Gasteiger partial charge is 0.310 e. The number of hydrogen-bond acceptors (Lipinski definition) is 3. The van der Waals surface area contributed by atoms with Gasteiger partial charge >= 0.3 is 5.97 Å². The van der Waals surface area contributed by atoms with Crippen molar-refractivity contribution in [3.8, 4) is 0 Å². The van der Waals surface area contributed by atoms with Gasteiger partial charge in [0.2, 0.25) is 0 Å². The summed E-state index contributed by atoms with van der Waals surface area (Å²) in [6.45, 7) is 7.14. The number of aliphatic carboxylic acids is 1. The number of nitrogens with zero attached hydrogens (tertiary/aromatic N) is 3. The normalized spacial score (nSPS) is 25.2. The SMILES string of the molecule is CCn1nccc1CN1CCCC(C)(C(=O)O)C1. The highest BCUT2D eigenvalue weighted by Gasteiger charge is 2.37. The lowest BCUT2D eigenvalue weighted by Gasteiger charge is -2.37. The summed E-state index contributed by atoms with van der Waals surface area (Å²) in [4.78, 5) is 13.5. The van der Waals surface area contributed by atoms with Crippen LogP contribution in [0.2, 0.25) is 0 Å². The first-order valence-corrected chi connectivity index (χ1v) is 6.51. The highest BCUT2D eigenvalue weighted by atomic mass is 16.4. The number of aryl methyl sites for hydroxylation is 1. The van der Waals surface area contributed by atoms with Gasteiger partial charge in [-0.25, -0.2) is 0 Å². The molecule has 100 valence electrons. The number of piperidine rings is 1. The Morgan fingerprint density at radius 2 is 2.39 bits per heavy atom. The van der Waals surface area contributed by atoms with E-state index in [4.69, 9.17) is 0 Å². The van der Waals surface area contributed by atoms with E-state index in [0.717, 1.165) is 38.2 Å². The van der Waals surface area contributed by atoms with Gasteiger partial charge in [0, 0.05) is 25.8 Å². The second-order valence-electron chi connectivity index (χ2n) is 5.32. The molecular weight excluding hydrogens is 230 g/mol. The number of likely N-dealkylation sites (tertiary alicyclic amines) is 1. The summed E-state index contributed by atoms with van der Waals surface area (Å²) in [6, 6.07) is 2.01. The topological polar surface area (TPSA) is 58.4 Å². The average Bonchev–Trinajstić information content (AvgIpc) is 2.76. The molecule has 1 saturated heterocycles. The fourth-order valence-electron chi connectivity index (χ4n) is 2.66. The van der Waals surface area contributed by atoms with Gasteiger partial charge in [-0.05, 0) is 39.3 Å². The molecule has 0 amide bonds. The third kappa shape index (κ3) is 2.56. The monoisotopic (exact) mass is 251 g/mol. The van der Waals surface area contributed by atoms with Gasteiger partial charge < -0.3 is 5.11 Å². The third-order valence-corrected chi connectivity index (χ3v) is 3.78. The molecular formula is C13H21N3O2. The number of carboxylic acids is 1. The van der Waals surface area contributed by atoms with Crippen LogP contribution in [0.25, 0.3) is 0 Å². The molecule has 1 atom stereocenters. The molecule has 2 rings (SSSR count). The summed E-state index contributed by atoms with van der Waals surface area (Å²) in [5.74, 6) is -0.684. The summed E-state index contributed by atoms with van der Waals surface area (Å²) in [6.07, 6.45) is 3.52. The predicted molar refractivity (Wildman–Crippen MR) is 68.2 cm³/mol. The molecule has 5 heteroatoms. The van der Waals surface area contributed by atoms with Crippen molar-refractivity contribution in [3.63, 3.8) is 0 Å². The average molecular weight is 251 g/mol. The van der Waals surface area contributed by atoms with Crippen LogP contribution in [0.15, 0.2) is 12.3 Å². The van der Waals surface area contributed by atoms with E-state index in [9.17, 15) is 9.90 Å². The van der Waals surface area contributed by atoms with Crippen LogP contribution in [0.3, 0.4) is 0 Å². The van der Waals surface area contributed by atoms with E-state index in [2.05, 4.69) is 16.9 Å². The van der Waals surface area contributed by atoms with Crippen LogP contribution < -0.4 is 0 Å². The molecule has 5 nitrogen and oxygen atoms in total. The van der Waals surface area contributed by atoms with Crippen molar-refractivity contribution in [2.45, 2.75) is 39.8 Å². The van der Waals surface area contributed by atoms with Crippen molar-refractivity contribution >= 4 is 5.97 Å². The number of carboxylic acid groups (broad SMARTS) is 1. The first-order valence-electron chi connectivity index (χ1n) is 6.51. The number of hydrogen-bond donors (Lipinski definition) is 1. The number of carbonyl (C=O) groups is 1. The highest BCUT2D eigenvalue weighted by molar-refractivity contribution is 5.74. The maximum atomic E-state index is 11.3. The largest absolute Gasteiger partial charge is 0.481 e. The number of aromatic nitrogens is 2. The summed E-state index contributed by atoms with van der Waals surface area (Å²) < 4.78 is 1.96. The van der Waals surface area contributed by atoms with Crippen molar-refractivity contribution in [2.75, 3.05) is 13.1 Å². The molecule has 1 aliphatic rings. The van der Waals surface area contributed by atoms with Crippen LogP contribution >= 0.6 is 0 Å². The lowest BCUT2D eigenvalue weighted by Crippen LogP contribution is -2.45. The Morgan fingerprint density at radius 1 is 1.61 bits per heavy atom. The zero-order valence-corrected chi connectivity index (χ0v) is 11.1. The Bertz CT molecular complexity index is 430. The Hall–Kier alpha value is -1.36. The highest BCUT2D eigenvalue weighted by Crippen LogP contribution is 2.30. The Morgan fingerprint density at radius 3 is 3.06 bits per heavy atom. The number of rotatable bonds is 4. The molecule has 1 aromatic heterocycles. The van der Waals surface area contributed by atoms with E-state index in [0.29, 0.717) is 6.54 Å². The van der Waals surface area contributed by atoms with Gasteiger partial charge in [0.1, 0.15) is 0 Å². The van der Waals surface area contributed by atoms with Crippen molar-refractivity contribution < 1.29 is 9.90 Å². The van der Waals surface area contributed by atoms with Gasteiger partial charge in [-0.2, -0.15) is 5.10 Å². The van der Waals surface area contributed by atoms with Crippen molar-refractivity contribution in [1.82, 2.24) is 14.7 Å². The van der Waals surface area contributed by atoms with Gasteiger partial charge in [-0.15, -0.1) is 0 Å². The molecule has 0 radical (unpaired) electrons. The van der Waals surface area contributed by atoms with Crippen molar-refractivity contribution in [1.29, 1.82) is 0 Å². The van der Waals surface area contributed by atoms with Crippen LogP contribution in [-0.2, 0) is 17.9 Å². The third-order valence-electron chi connectivity index (χ3n) is 3.78. The molecule has 0 aromatic carbocycles. The van der Waals surface area contributed by atoms with Gasteiger partial charge in [0.05, 0.1) is 11.1 Å². The Balaban J connectivity index is 2.04. The molecule has 1 aromatic rings. The minimum absolute atomic E-state index is 0.602. The fraction of sp³-hybridized carbons (Fsp3) is 0.692. The van der Waals surface area contributed by atoms with E-state index in [1.54, 1.807) is 6.20 Å². The summed E-state index contributed by atoms with van der Waals surface area (Å²) in [7, 11) is 0. The molecule has 1 aliphatic heterocycles. The first kappa shape index (κ1) is 13.1. The minimum Gasteiger partial charge on any atom is -0.481 e. The minimum atomic E-state index is -0.684. The zero-order valence-electron chi connectivity index (χ0n) is 11.1. The molecule has 0 saturated carbocycles. The van der Waals surface area contributed by atoms with E-state index in [1.807, 2.05) is 17.7 Å². The van der Waals surface area contributed by atoms with Gasteiger partial charge in [-0.3, -0.25) is 14.4 Å². The Kier molecular flexibility index (Phi) is 3.71. The summed E-state index contributed by atoms with van der Waals surface area (Å²) in [5, 5.41) is 13.5. The molecule has 1 fully saturated rings. The molecule has 1 unspecified atom stereocenters. The second-order valence-corrected chi connectivity index (χ2v) is 5.32. The predicted octanol–water partition coefficient (Wildman–Crippen LogP) is 1.59. The van der Waals surface area contributed by atoms with Crippen molar-refractivity contribution in [3.05, 3.63) is 18.0 Å². The lowest BCUT2D eigenvalue weighted by molar-refractivity contribution is -0.151. The Labute approximate surface area is 107 Å². The molecule has 2 heterocycles. The van der Waals surface area contributed by atoms with Crippen LogP contribution in [0.1, 0.15) is 32.4 Å². The fourth-order valence-corrected chi connectivity index (χ4v) is 2.66. The maximum absolute atomic E-state index is 11.3. The quantitative estimate of drug-likeness (QED) is 0.883. The molecule has 1 N–H and O–H groups in total. The maximum Gasteiger partial charge on any atom is 0.310 e. The second kappa shape index (κ2) is 5.10. The standard InChI is InChI=1S/C13H21N3O2/c1-3-16-11(5-7-14-16)9-15-8-4-6-13(2,10-15)12(17)18/h5,7H,3-4,6,8-10H2,1-2H3,(H,17,18). The zero-order chi connectivity index (χ0) is 13.2. The van der Waals surface area contributed by atoms with Gasteiger partial charge in [0.15, 0.2) is 0 Å². The molecule has 0 aliphatic carbocycles. The van der Waals surface area contributed by atoms with Crippen molar-refractivity contribution in [2.24, 2.45) is 5.41 Å². The van der Waals surface area contributed by atoms with Crippen LogP contribution in [0.5, 0.6) is 0 Å². The summed E-state index contributed by atoms with van der Waals surface area (Å²) >= 11 is 0. The van der Waals surface area contributed by atoms with E-state index in [-0.39, 0.29) is 0 Å². The molecule has 0 spiro atoms. The van der Waals surface area contributed by atoms with Crippen LogP contribution in [0, 0.1) is 5.41 Å². The van der Waals surface area contributed by atoms with Crippen LogP contribution in [-0.4, -0.2) is 38.8 Å².